The Balaban J connectivity index is 2.07. The fraction of sp³-hybridized carbons (Fsp3) is 0.214. The highest BCUT2D eigenvalue weighted by Crippen LogP contribution is 2.36. The zero-order valence-electron chi connectivity index (χ0n) is 19.0. The SMILES string of the molecule is C/C(=C(/c1ccc(C)cc1)C(C)C)c1ccccc1N(C=O)Cc1cccc(C(=O)O)c1. The lowest BCUT2D eigenvalue weighted by Crippen LogP contribution is -2.22. The fourth-order valence-corrected chi connectivity index (χ4v) is 4.08. The first-order valence-electron chi connectivity index (χ1n) is 10.7. The summed E-state index contributed by atoms with van der Waals surface area (Å²) in [5, 5.41) is 9.28. The van der Waals surface area contributed by atoms with Crippen LogP contribution in [0.3, 0.4) is 0 Å². The normalized spacial score (nSPS) is 11.8. The van der Waals surface area contributed by atoms with E-state index in [2.05, 4.69) is 52.0 Å². The fourth-order valence-electron chi connectivity index (χ4n) is 4.08. The second kappa shape index (κ2) is 10.1. The topological polar surface area (TPSA) is 57.6 Å². The molecule has 4 heteroatoms. The monoisotopic (exact) mass is 427 g/mol. The van der Waals surface area contributed by atoms with Gasteiger partial charge in [-0.2, -0.15) is 0 Å². The minimum atomic E-state index is -0.983. The van der Waals surface area contributed by atoms with Crippen LogP contribution in [0.25, 0.3) is 11.1 Å². The first-order chi connectivity index (χ1) is 15.3. The predicted molar refractivity (Wildman–Crippen MR) is 131 cm³/mol. The van der Waals surface area contributed by atoms with Crippen LogP contribution in [0.2, 0.25) is 0 Å². The first kappa shape index (κ1) is 23.0. The summed E-state index contributed by atoms with van der Waals surface area (Å²) in [6.45, 7) is 8.82. The third kappa shape index (κ3) is 5.14. The van der Waals surface area contributed by atoms with E-state index in [1.54, 1.807) is 23.1 Å². The number of rotatable bonds is 8. The number of allylic oxidation sites excluding steroid dienone is 2. The molecule has 0 fully saturated rings. The van der Waals surface area contributed by atoms with Crippen LogP contribution in [0.4, 0.5) is 5.69 Å². The average Bonchev–Trinajstić information content (AvgIpc) is 2.79. The molecule has 4 nitrogen and oxygen atoms in total. The van der Waals surface area contributed by atoms with E-state index in [-0.39, 0.29) is 12.1 Å². The third-order valence-electron chi connectivity index (χ3n) is 5.62. The molecule has 1 amide bonds. The lowest BCUT2D eigenvalue weighted by molar-refractivity contribution is -0.107. The average molecular weight is 428 g/mol. The molecule has 0 saturated carbocycles. The largest absolute Gasteiger partial charge is 0.478 e. The highest BCUT2D eigenvalue weighted by molar-refractivity contribution is 5.96. The van der Waals surface area contributed by atoms with Gasteiger partial charge in [-0.3, -0.25) is 4.79 Å². The van der Waals surface area contributed by atoms with Gasteiger partial charge in [0, 0.05) is 5.56 Å². The van der Waals surface area contributed by atoms with E-state index in [4.69, 9.17) is 0 Å². The summed E-state index contributed by atoms with van der Waals surface area (Å²) in [7, 11) is 0. The molecule has 1 N–H and O–H groups in total. The number of anilines is 1. The molecule has 0 aliphatic carbocycles. The van der Waals surface area contributed by atoms with E-state index in [0.29, 0.717) is 5.92 Å². The van der Waals surface area contributed by atoms with E-state index >= 15 is 0 Å². The van der Waals surface area contributed by atoms with E-state index in [1.165, 1.54) is 16.7 Å². The van der Waals surface area contributed by atoms with Crippen molar-refractivity contribution in [3.8, 4) is 0 Å². The third-order valence-corrected chi connectivity index (χ3v) is 5.62. The number of aryl methyl sites for hydroxylation is 1. The molecule has 0 spiro atoms. The molecule has 3 aromatic rings. The van der Waals surface area contributed by atoms with Crippen LogP contribution in [0.15, 0.2) is 72.8 Å². The van der Waals surface area contributed by atoms with Gasteiger partial charge in [-0.1, -0.05) is 74.0 Å². The van der Waals surface area contributed by atoms with Gasteiger partial charge in [0.2, 0.25) is 6.41 Å². The summed E-state index contributed by atoms with van der Waals surface area (Å²) in [5.74, 6) is -0.689. The number of hydrogen-bond acceptors (Lipinski definition) is 2. The highest BCUT2D eigenvalue weighted by atomic mass is 16.4. The minimum Gasteiger partial charge on any atom is -0.478 e. The van der Waals surface area contributed by atoms with Crippen LogP contribution in [0, 0.1) is 12.8 Å². The van der Waals surface area contributed by atoms with E-state index < -0.39 is 5.97 Å². The van der Waals surface area contributed by atoms with Gasteiger partial charge >= 0.3 is 5.97 Å². The molecule has 3 rings (SSSR count). The minimum absolute atomic E-state index is 0.208. The Morgan fingerprint density at radius 1 is 0.969 bits per heavy atom. The van der Waals surface area contributed by atoms with Gasteiger partial charge in [-0.05, 0) is 60.2 Å². The Hall–Kier alpha value is -3.66. The molecule has 0 atom stereocenters. The highest BCUT2D eigenvalue weighted by Gasteiger charge is 2.17. The van der Waals surface area contributed by atoms with Crippen molar-refractivity contribution < 1.29 is 14.7 Å². The van der Waals surface area contributed by atoms with Gasteiger partial charge in [0.1, 0.15) is 0 Å². The van der Waals surface area contributed by atoms with Crippen LogP contribution in [-0.4, -0.2) is 17.5 Å². The smallest absolute Gasteiger partial charge is 0.335 e. The summed E-state index contributed by atoms with van der Waals surface area (Å²) in [6, 6.07) is 23.1. The Morgan fingerprint density at radius 3 is 2.28 bits per heavy atom. The first-order valence-corrected chi connectivity index (χ1v) is 10.7. The van der Waals surface area contributed by atoms with E-state index in [0.717, 1.165) is 28.8 Å². The Labute approximate surface area is 189 Å². The lowest BCUT2D eigenvalue weighted by Gasteiger charge is -2.24. The summed E-state index contributed by atoms with van der Waals surface area (Å²) in [4.78, 5) is 25.1. The van der Waals surface area contributed by atoms with Crippen molar-refractivity contribution in [3.63, 3.8) is 0 Å². The quantitative estimate of drug-likeness (QED) is 0.332. The number of carboxylic acids is 1. The lowest BCUT2D eigenvalue weighted by atomic mass is 9.87. The van der Waals surface area contributed by atoms with Crippen LogP contribution >= 0.6 is 0 Å². The number of hydrogen-bond donors (Lipinski definition) is 1. The number of carbonyl (C=O) groups is 2. The van der Waals surface area contributed by atoms with Gasteiger partial charge in [-0.25, -0.2) is 4.79 Å². The Bertz CT molecular complexity index is 1140. The molecule has 0 heterocycles. The van der Waals surface area contributed by atoms with Crippen molar-refractivity contribution in [3.05, 3.63) is 101 Å². The molecular formula is C28H29NO3. The maximum atomic E-state index is 12.1. The van der Waals surface area contributed by atoms with Crippen LogP contribution in [-0.2, 0) is 11.3 Å². The standard InChI is InChI=1S/C28H29NO3/c1-19(2)27(23-14-12-20(3)13-15-23)21(4)25-10-5-6-11-26(25)29(18-30)17-22-8-7-9-24(16-22)28(31)32/h5-16,18-19H,17H2,1-4H3,(H,31,32)/b27-21-. The Kier molecular flexibility index (Phi) is 7.26. The van der Waals surface area contributed by atoms with E-state index in [1.807, 2.05) is 30.3 Å². The summed E-state index contributed by atoms with van der Waals surface area (Å²) in [5.41, 5.74) is 7.48. The number of benzene rings is 3. The van der Waals surface area contributed by atoms with E-state index in [9.17, 15) is 14.7 Å². The van der Waals surface area contributed by atoms with Crippen molar-refractivity contribution >= 4 is 29.2 Å². The van der Waals surface area contributed by atoms with Crippen LogP contribution < -0.4 is 4.90 Å². The molecule has 0 aromatic heterocycles. The zero-order chi connectivity index (χ0) is 23.3. The number of amides is 1. The van der Waals surface area contributed by atoms with Gasteiger partial charge in [0.15, 0.2) is 0 Å². The van der Waals surface area contributed by atoms with Crippen molar-refractivity contribution in [2.24, 2.45) is 5.92 Å². The van der Waals surface area contributed by atoms with Crippen LogP contribution in [0.1, 0.15) is 53.4 Å². The van der Waals surface area contributed by atoms with Crippen molar-refractivity contribution in [2.75, 3.05) is 4.90 Å². The molecule has 3 aromatic carbocycles. The summed E-state index contributed by atoms with van der Waals surface area (Å²) >= 11 is 0. The number of nitrogens with zero attached hydrogens (tertiary/aromatic N) is 1. The van der Waals surface area contributed by atoms with Gasteiger partial charge < -0.3 is 10.0 Å². The molecule has 0 radical (unpaired) electrons. The molecular weight excluding hydrogens is 398 g/mol. The summed E-state index contributed by atoms with van der Waals surface area (Å²) in [6.07, 6.45) is 0.806. The van der Waals surface area contributed by atoms with Crippen LogP contribution in [0.5, 0.6) is 0 Å². The van der Waals surface area contributed by atoms with Crippen molar-refractivity contribution in [1.29, 1.82) is 0 Å². The molecule has 0 unspecified atom stereocenters. The molecule has 32 heavy (non-hydrogen) atoms. The number of carbonyl (C=O) groups excluding carboxylic acids is 1. The van der Waals surface area contributed by atoms with Gasteiger partial charge in [-0.15, -0.1) is 0 Å². The van der Waals surface area contributed by atoms with Gasteiger partial charge in [0.05, 0.1) is 17.8 Å². The number of para-hydroxylation sites is 1. The number of carboxylic acid groups (broad SMARTS) is 1. The molecule has 164 valence electrons. The molecule has 0 aliphatic heterocycles. The maximum absolute atomic E-state index is 12.1. The Morgan fingerprint density at radius 2 is 1.66 bits per heavy atom. The second-order valence-corrected chi connectivity index (χ2v) is 8.32. The predicted octanol–water partition coefficient (Wildman–Crippen LogP) is 6.44. The maximum Gasteiger partial charge on any atom is 0.335 e. The second-order valence-electron chi connectivity index (χ2n) is 8.32. The van der Waals surface area contributed by atoms with Crippen molar-refractivity contribution in [1.82, 2.24) is 0 Å². The molecule has 0 bridgehead atoms. The zero-order valence-corrected chi connectivity index (χ0v) is 19.0. The molecule has 0 aliphatic rings. The van der Waals surface area contributed by atoms with Crippen molar-refractivity contribution in [2.45, 2.75) is 34.2 Å². The summed E-state index contributed by atoms with van der Waals surface area (Å²) < 4.78 is 0. The molecule has 0 saturated heterocycles. The van der Waals surface area contributed by atoms with Gasteiger partial charge in [0.25, 0.3) is 0 Å². The number of aromatic carboxylic acids is 1.